The minimum atomic E-state index is 0.130. The fourth-order valence-electron chi connectivity index (χ4n) is 4.56. The highest BCUT2D eigenvalue weighted by molar-refractivity contribution is 4.91. The summed E-state index contributed by atoms with van der Waals surface area (Å²) in [5, 5.41) is 3.37. The normalized spacial score (nSPS) is 34.1. The standard InChI is InChI=1S/C17H33NO/c1-14-10-15(12-16(2,3)11-14)19-17(13-18-4)8-6-5-7-9-17/h14-15,18H,5-13H2,1-4H3. The monoisotopic (exact) mass is 267 g/mol. The summed E-state index contributed by atoms with van der Waals surface area (Å²) >= 11 is 0. The second kappa shape index (κ2) is 6.13. The van der Waals surface area contributed by atoms with Gasteiger partial charge in [-0.3, -0.25) is 0 Å². The maximum absolute atomic E-state index is 6.70. The summed E-state index contributed by atoms with van der Waals surface area (Å²) in [6.07, 6.45) is 10.9. The van der Waals surface area contributed by atoms with Crippen LogP contribution < -0.4 is 5.32 Å². The van der Waals surface area contributed by atoms with E-state index in [1.807, 2.05) is 0 Å². The molecular weight excluding hydrogens is 234 g/mol. The van der Waals surface area contributed by atoms with Crippen molar-refractivity contribution in [3.63, 3.8) is 0 Å². The summed E-state index contributed by atoms with van der Waals surface area (Å²) in [5.74, 6) is 0.809. The maximum atomic E-state index is 6.70. The van der Waals surface area contributed by atoms with Crippen molar-refractivity contribution in [3.05, 3.63) is 0 Å². The molecule has 19 heavy (non-hydrogen) atoms. The van der Waals surface area contributed by atoms with E-state index in [0.29, 0.717) is 11.5 Å². The number of hydrogen-bond donors (Lipinski definition) is 1. The molecule has 0 amide bonds. The molecule has 2 rings (SSSR count). The van der Waals surface area contributed by atoms with Crippen molar-refractivity contribution in [2.45, 2.75) is 83.8 Å². The van der Waals surface area contributed by atoms with Gasteiger partial charge in [0.05, 0.1) is 11.7 Å². The highest BCUT2D eigenvalue weighted by Gasteiger charge is 2.39. The Balaban J connectivity index is 2.00. The van der Waals surface area contributed by atoms with Crippen LogP contribution in [0.15, 0.2) is 0 Å². The molecule has 0 bridgehead atoms. The Hall–Kier alpha value is -0.0800. The van der Waals surface area contributed by atoms with Crippen LogP contribution in [-0.2, 0) is 4.74 Å². The lowest BCUT2D eigenvalue weighted by Crippen LogP contribution is -2.48. The van der Waals surface area contributed by atoms with Crippen LogP contribution in [0.3, 0.4) is 0 Å². The van der Waals surface area contributed by atoms with Gasteiger partial charge in [-0.1, -0.05) is 40.0 Å². The first-order valence-corrected chi connectivity index (χ1v) is 8.27. The van der Waals surface area contributed by atoms with Crippen molar-refractivity contribution < 1.29 is 4.74 Å². The first kappa shape index (κ1) is 15.3. The van der Waals surface area contributed by atoms with Crippen LogP contribution in [0.25, 0.3) is 0 Å². The van der Waals surface area contributed by atoms with Crippen LogP contribution in [-0.4, -0.2) is 25.3 Å². The molecule has 112 valence electrons. The number of likely N-dealkylation sites (N-methyl/N-ethyl adjacent to an activating group) is 1. The second-order valence-corrected chi connectivity index (χ2v) is 7.93. The average molecular weight is 267 g/mol. The average Bonchev–Trinajstić information content (AvgIpc) is 2.27. The third kappa shape index (κ3) is 4.19. The minimum Gasteiger partial charge on any atom is -0.370 e. The third-order valence-electron chi connectivity index (χ3n) is 5.03. The van der Waals surface area contributed by atoms with Crippen LogP contribution in [0.4, 0.5) is 0 Å². The lowest BCUT2D eigenvalue weighted by molar-refractivity contribution is -0.139. The van der Waals surface area contributed by atoms with E-state index in [1.54, 1.807) is 0 Å². The van der Waals surface area contributed by atoms with Crippen molar-refractivity contribution in [2.75, 3.05) is 13.6 Å². The molecule has 2 nitrogen and oxygen atoms in total. The molecule has 0 aromatic heterocycles. The molecule has 1 N–H and O–H groups in total. The van der Waals surface area contributed by atoms with Gasteiger partial charge in [0.15, 0.2) is 0 Å². The van der Waals surface area contributed by atoms with Gasteiger partial charge in [-0.2, -0.15) is 0 Å². The third-order valence-corrected chi connectivity index (χ3v) is 5.03. The summed E-state index contributed by atoms with van der Waals surface area (Å²) in [5.41, 5.74) is 0.586. The van der Waals surface area contributed by atoms with E-state index in [4.69, 9.17) is 4.74 Å². The van der Waals surface area contributed by atoms with Crippen LogP contribution in [0.2, 0.25) is 0 Å². The van der Waals surface area contributed by atoms with Gasteiger partial charge in [-0.15, -0.1) is 0 Å². The molecular formula is C17H33NO. The van der Waals surface area contributed by atoms with Crippen molar-refractivity contribution in [1.29, 1.82) is 0 Å². The Labute approximate surface area is 119 Å². The summed E-state index contributed by atoms with van der Waals surface area (Å²) in [6, 6.07) is 0. The van der Waals surface area contributed by atoms with E-state index in [-0.39, 0.29) is 5.60 Å². The van der Waals surface area contributed by atoms with E-state index in [2.05, 4.69) is 33.1 Å². The molecule has 0 heterocycles. The number of rotatable bonds is 4. The zero-order valence-corrected chi connectivity index (χ0v) is 13.4. The Morgan fingerprint density at radius 1 is 1.11 bits per heavy atom. The summed E-state index contributed by atoms with van der Waals surface area (Å²) in [7, 11) is 2.06. The fraction of sp³-hybridized carbons (Fsp3) is 1.00. The van der Waals surface area contributed by atoms with Crippen LogP contribution in [0.1, 0.15) is 72.1 Å². The zero-order chi connectivity index (χ0) is 13.9. The lowest BCUT2D eigenvalue weighted by atomic mass is 9.71. The summed E-state index contributed by atoms with van der Waals surface area (Å²) < 4.78 is 6.70. The number of ether oxygens (including phenoxy) is 1. The van der Waals surface area contributed by atoms with Crippen LogP contribution >= 0.6 is 0 Å². The Bertz CT molecular complexity index is 275. The molecule has 0 radical (unpaired) electrons. The second-order valence-electron chi connectivity index (χ2n) is 7.93. The molecule has 2 aliphatic rings. The van der Waals surface area contributed by atoms with Crippen molar-refractivity contribution in [3.8, 4) is 0 Å². The highest BCUT2D eigenvalue weighted by atomic mass is 16.5. The first-order chi connectivity index (χ1) is 8.95. The Morgan fingerprint density at radius 3 is 2.37 bits per heavy atom. The van der Waals surface area contributed by atoms with Gasteiger partial charge in [0.1, 0.15) is 0 Å². The molecule has 0 spiro atoms. The van der Waals surface area contributed by atoms with Gasteiger partial charge in [0.2, 0.25) is 0 Å². The van der Waals surface area contributed by atoms with Gasteiger partial charge in [-0.25, -0.2) is 0 Å². The highest BCUT2D eigenvalue weighted by Crippen LogP contribution is 2.42. The first-order valence-electron chi connectivity index (χ1n) is 8.27. The molecule has 0 aromatic carbocycles. The Kier molecular flexibility index (Phi) is 4.94. The van der Waals surface area contributed by atoms with E-state index in [0.717, 1.165) is 12.5 Å². The molecule has 0 aromatic rings. The summed E-state index contributed by atoms with van der Waals surface area (Å²) in [4.78, 5) is 0. The maximum Gasteiger partial charge on any atom is 0.0809 e. The van der Waals surface area contributed by atoms with Crippen molar-refractivity contribution >= 4 is 0 Å². The van der Waals surface area contributed by atoms with E-state index >= 15 is 0 Å². The smallest absolute Gasteiger partial charge is 0.0809 e. The van der Waals surface area contributed by atoms with Gasteiger partial charge in [-0.05, 0) is 50.5 Å². The minimum absolute atomic E-state index is 0.130. The molecule has 2 aliphatic carbocycles. The van der Waals surface area contributed by atoms with Gasteiger partial charge < -0.3 is 10.1 Å². The molecule has 2 heteroatoms. The predicted molar refractivity (Wildman–Crippen MR) is 81.4 cm³/mol. The van der Waals surface area contributed by atoms with E-state index in [1.165, 1.54) is 51.4 Å². The van der Waals surface area contributed by atoms with E-state index < -0.39 is 0 Å². The summed E-state index contributed by atoms with van der Waals surface area (Å²) in [6.45, 7) is 8.23. The van der Waals surface area contributed by atoms with Crippen LogP contribution in [0, 0.1) is 11.3 Å². The molecule has 2 saturated carbocycles. The topological polar surface area (TPSA) is 21.3 Å². The number of hydrogen-bond acceptors (Lipinski definition) is 2. The fourth-order valence-corrected chi connectivity index (χ4v) is 4.56. The van der Waals surface area contributed by atoms with Gasteiger partial charge in [0.25, 0.3) is 0 Å². The molecule has 2 fully saturated rings. The SMILES string of the molecule is CNCC1(OC2CC(C)CC(C)(C)C2)CCCCC1. The van der Waals surface area contributed by atoms with Crippen LogP contribution in [0.5, 0.6) is 0 Å². The van der Waals surface area contributed by atoms with Crippen molar-refractivity contribution in [1.82, 2.24) is 5.32 Å². The van der Waals surface area contributed by atoms with E-state index in [9.17, 15) is 0 Å². The van der Waals surface area contributed by atoms with Crippen molar-refractivity contribution in [2.24, 2.45) is 11.3 Å². The molecule has 0 saturated heterocycles. The molecule has 0 aliphatic heterocycles. The lowest BCUT2D eigenvalue weighted by Gasteiger charge is -2.45. The van der Waals surface area contributed by atoms with Gasteiger partial charge >= 0.3 is 0 Å². The number of nitrogens with one attached hydrogen (secondary N) is 1. The molecule has 2 atom stereocenters. The quantitative estimate of drug-likeness (QED) is 0.826. The Morgan fingerprint density at radius 2 is 1.79 bits per heavy atom. The molecule has 2 unspecified atom stereocenters. The largest absolute Gasteiger partial charge is 0.370 e. The van der Waals surface area contributed by atoms with Gasteiger partial charge in [0, 0.05) is 6.54 Å². The zero-order valence-electron chi connectivity index (χ0n) is 13.4. The predicted octanol–water partition coefficient (Wildman–Crippen LogP) is 4.14.